The third-order valence-electron chi connectivity index (χ3n) is 2.54. The van der Waals surface area contributed by atoms with E-state index in [-0.39, 0.29) is 5.56 Å². The van der Waals surface area contributed by atoms with Crippen molar-refractivity contribution in [3.63, 3.8) is 0 Å². The molecule has 0 radical (unpaired) electrons. The van der Waals surface area contributed by atoms with Crippen LogP contribution in [0.3, 0.4) is 0 Å². The highest BCUT2D eigenvalue weighted by Crippen LogP contribution is 2.20. The van der Waals surface area contributed by atoms with Crippen LogP contribution in [0, 0.1) is 6.92 Å². The maximum absolute atomic E-state index is 11.7. The first-order valence-corrected chi connectivity index (χ1v) is 6.52. The van der Waals surface area contributed by atoms with E-state index >= 15 is 0 Å². The standard InChI is InChI=1S/C11H16N4OS/c1-4-5-6-14(3)11-13-15-9(16)7-8(2)12-10(15)17-11/h7H,4-6H2,1-3H3. The largest absolute Gasteiger partial charge is 0.350 e. The molecule has 2 aromatic rings. The number of fused-ring (bicyclic) bond motifs is 1. The van der Waals surface area contributed by atoms with Crippen molar-refractivity contribution in [3.8, 4) is 0 Å². The van der Waals surface area contributed by atoms with Gasteiger partial charge in [0.2, 0.25) is 10.1 Å². The number of rotatable bonds is 4. The topological polar surface area (TPSA) is 50.5 Å². The average Bonchev–Trinajstić information content (AvgIpc) is 2.69. The van der Waals surface area contributed by atoms with Gasteiger partial charge in [-0.2, -0.15) is 4.52 Å². The molecular formula is C11H16N4OS. The lowest BCUT2D eigenvalue weighted by Gasteiger charge is -2.13. The van der Waals surface area contributed by atoms with Gasteiger partial charge in [-0.25, -0.2) is 4.98 Å². The van der Waals surface area contributed by atoms with Gasteiger partial charge in [0.25, 0.3) is 5.56 Å². The first kappa shape index (κ1) is 12.0. The molecule has 0 N–H and O–H groups in total. The van der Waals surface area contributed by atoms with Gasteiger partial charge in [-0.15, -0.1) is 5.10 Å². The Labute approximate surface area is 104 Å². The minimum absolute atomic E-state index is 0.112. The van der Waals surface area contributed by atoms with Gasteiger partial charge >= 0.3 is 0 Å². The van der Waals surface area contributed by atoms with Crippen molar-refractivity contribution >= 4 is 21.4 Å². The summed E-state index contributed by atoms with van der Waals surface area (Å²) in [5.74, 6) is 0. The molecule has 0 bridgehead atoms. The molecule has 2 aromatic heterocycles. The Morgan fingerprint density at radius 3 is 3.00 bits per heavy atom. The first-order valence-electron chi connectivity index (χ1n) is 5.70. The van der Waals surface area contributed by atoms with E-state index in [1.807, 2.05) is 14.0 Å². The fourth-order valence-corrected chi connectivity index (χ4v) is 2.50. The number of hydrogen-bond donors (Lipinski definition) is 0. The van der Waals surface area contributed by atoms with E-state index in [4.69, 9.17) is 0 Å². The fraction of sp³-hybridized carbons (Fsp3) is 0.545. The second kappa shape index (κ2) is 4.83. The predicted octanol–water partition coefficient (Wildman–Crippen LogP) is 1.70. The molecular weight excluding hydrogens is 236 g/mol. The minimum Gasteiger partial charge on any atom is -0.350 e. The Bertz CT molecular complexity index is 574. The summed E-state index contributed by atoms with van der Waals surface area (Å²) >= 11 is 1.45. The van der Waals surface area contributed by atoms with Crippen molar-refractivity contribution in [2.45, 2.75) is 26.7 Å². The maximum atomic E-state index is 11.7. The second-order valence-corrected chi connectivity index (χ2v) is 5.02. The molecule has 2 heterocycles. The van der Waals surface area contributed by atoms with Gasteiger partial charge in [-0.05, 0) is 13.3 Å². The van der Waals surface area contributed by atoms with Crippen LogP contribution < -0.4 is 10.5 Å². The lowest BCUT2D eigenvalue weighted by atomic mass is 10.3. The quantitative estimate of drug-likeness (QED) is 0.831. The first-order chi connectivity index (χ1) is 8.11. The number of anilines is 1. The molecule has 0 unspecified atom stereocenters. The van der Waals surface area contributed by atoms with Crippen LogP contribution in [0.2, 0.25) is 0 Å². The molecule has 17 heavy (non-hydrogen) atoms. The third-order valence-corrected chi connectivity index (χ3v) is 3.56. The lowest BCUT2D eigenvalue weighted by molar-refractivity contribution is 0.754. The summed E-state index contributed by atoms with van der Waals surface area (Å²) in [5.41, 5.74) is 0.625. The Balaban J connectivity index is 2.37. The monoisotopic (exact) mass is 252 g/mol. The van der Waals surface area contributed by atoms with Crippen LogP contribution in [0.4, 0.5) is 5.13 Å². The smallest absolute Gasteiger partial charge is 0.275 e. The molecule has 0 amide bonds. The van der Waals surface area contributed by atoms with Crippen LogP contribution in [0.1, 0.15) is 25.5 Å². The Hall–Kier alpha value is -1.43. The van der Waals surface area contributed by atoms with Crippen LogP contribution in [-0.4, -0.2) is 28.2 Å². The summed E-state index contributed by atoms with van der Waals surface area (Å²) in [4.78, 5) is 18.7. The molecule has 0 aliphatic carbocycles. The van der Waals surface area contributed by atoms with Gasteiger partial charge in [-0.1, -0.05) is 24.7 Å². The Morgan fingerprint density at radius 2 is 2.29 bits per heavy atom. The van der Waals surface area contributed by atoms with Gasteiger partial charge in [0.15, 0.2) is 0 Å². The zero-order valence-corrected chi connectivity index (χ0v) is 11.1. The molecule has 0 atom stereocenters. The van der Waals surface area contributed by atoms with Crippen molar-refractivity contribution in [2.75, 3.05) is 18.5 Å². The Morgan fingerprint density at radius 1 is 1.53 bits per heavy atom. The molecule has 0 saturated heterocycles. The number of aryl methyl sites for hydroxylation is 1. The molecule has 0 saturated carbocycles. The number of nitrogens with zero attached hydrogens (tertiary/aromatic N) is 4. The predicted molar refractivity (Wildman–Crippen MR) is 70.0 cm³/mol. The molecule has 92 valence electrons. The van der Waals surface area contributed by atoms with Gasteiger partial charge in [0, 0.05) is 25.4 Å². The van der Waals surface area contributed by atoms with E-state index in [0.717, 1.165) is 30.2 Å². The highest BCUT2D eigenvalue weighted by Gasteiger charge is 2.10. The van der Waals surface area contributed by atoms with E-state index in [0.29, 0.717) is 4.96 Å². The SMILES string of the molecule is CCCCN(C)c1nn2c(=O)cc(C)nc2s1. The summed E-state index contributed by atoms with van der Waals surface area (Å²) in [7, 11) is 1.99. The summed E-state index contributed by atoms with van der Waals surface area (Å²) in [5, 5.41) is 5.13. The normalized spacial score (nSPS) is 11.0. The van der Waals surface area contributed by atoms with Gasteiger partial charge < -0.3 is 4.90 Å². The van der Waals surface area contributed by atoms with Crippen LogP contribution in [0.15, 0.2) is 10.9 Å². The lowest BCUT2D eigenvalue weighted by Crippen LogP contribution is -2.19. The Kier molecular flexibility index (Phi) is 3.42. The van der Waals surface area contributed by atoms with Crippen molar-refractivity contribution in [1.29, 1.82) is 0 Å². The van der Waals surface area contributed by atoms with E-state index in [1.165, 1.54) is 21.9 Å². The van der Waals surface area contributed by atoms with Crippen molar-refractivity contribution < 1.29 is 0 Å². The van der Waals surface area contributed by atoms with E-state index in [1.54, 1.807) is 0 Å². The zero-order valence-electron chi connectivity index (χ0n) is 10.3. The third kappa shape index (κ3) is 2.46. The molecule has 2 rings (SSSR count). The maximum Gasteiger partial charge on any atom is 0.275 e. The van der Waals surface area contributed by atoms with E-state index in [2.05, 4.69) is 21.9 Å². The van der Waals surface area contributed by atoms with Crippen LogP contribution >= 0.6 is 11.3 Å². The number of hydrogen-bond acceptors (Lipinski definition) is 5. The summed E-state index contributed by atoms with van der Waals surface area (Å²) < 4.78 is 1.37. The van der Waals surface area contributed by atoms with Crippen LogP contribution in [-0.2, 0) is 0 Å². The summed E-state index contributed by atoms with van der Waals surface area (Å²) in [6, 6.07) is 1.50. The average molecular weight is 252 g/mol. The van der Waals surface area contributed by atoms with Crippen molar-refractivity contribution in [1.82, 2.24) is 14.6 Å². The van der Waals surface area contributed by atoms with Gasteiger partial charge in [-0.3, -0.25) is 4.79 Å². The van der Waals surface area contributed by atoms with E-state index in [9.17, 15) is 4.79 Å². The van der Waals surface area contributed by atoms with E-state index < -0.39 is 0 Å². The summed E-state index contributed by atoms with van der Waals surface area (Å²) in [6.07, 6.45) is 2.26. The molecule has 0 aliphatic rings. The molecule has 0 aliphatic heterocycles. The highest BCUT2D eigenvalue weighted by molar-refractivity contribution is 7.20. The van der Waals surface area contributed by atoms with Crippen molar-refractivity contribution in [2.24, 2.45) is 0 Å². The van der Waals surface area contributed by atoms with Crippen LogP contribution in [0.5, 0.6) is 0 Å². The fourth-order valence-electron chi connectivity index (χ4n) is 1.56. The molecule has 6 heteroatoms. The molecule has 5 nitrogen and oxygen atoms in total. The van der Waals surface area contributed by atoms with Gasteiger partial charge in [0.05, 0.1) is 0 Å². The summed E-state index contributed by atoms with van der Waals surface area (Å²) in [6.45, 7) is 4.92. The number of unbranched alkanes of at least 4 members (excludes halogenated alkanes) is 1. The molecule has 0 aromatic carbocycles. The van der Waals surface area contributed by atoms with Crippen LogP contribution in [0.25, 0.3) is 4.96 Å². The van der Waals surface area contributed by atoms with Gasteiger partial charge in [0.1, 0.15) is 0 Å². The molecule has 0 spiro atoms. The minimum atomic E-state index is -0.112. The number of aromatic nitrogens is 3. The highest BCUT2D eigenvalue weighted by atomic mass is 32.1. The van der Waals surface area contributed by atoms with Crippen molar-refractivity contribution in [3.05, 3.63) is 22.1 Å². The second-order valence-electron chi connectivity index (χ2n) is 4.09. The zero-order chi connectivity index (χ0) is 12.4. The molecule has 0 fully saturated rings.